The number of likely N-dealkylation sites (N-methyl/N-ethyl adjacent to an activating group) is 1. The molecule has 1 atom stereocenters. The Morgan fingerprint density at radius 3 is 2.54 bits per heavy atom. The molecular weight excluding hydrogens is 164 g/mol. The van der Waals surface area contributed by atoms with Gasteiger partial charge in [0.1, 0.15) is 0 Å². The maximum absolute atomic E-state index is 11.0. The van der Waals surface area contributed by atoms with Gasteiger partial charge in [-0.2, -0.15) is 0 Å². The van der Waals surface area contributed by atoms with Gasteiger partial charge in [-0.1, -0.05) is 20.8 Å². The molecule has 1 fully saturated rings. The van der Waals surface area contributed by atoms with E-state index in [-0.39, 0.29) is 5.91 Å². The first kappa shape index (κ1) is 12.4. The summed E-state index contributed by atoms with van der Waals surface area (Å²) in [4.78, 5) is 12.8. The van der Waals surface area contributed by atoms with E-state index < -0.39 is 0 Å². The fourth-order valence-electron chi connectivity index (χ4n) is 1.35. The van der Waals surface area contributed by atoms with Gasteiger partial charge in [0.2, 0.25) is 5.91 Å². The fraction of sp³-hybridized carbons (Fsp3) is 0.900. The van der Waals surface area contributed by atoms with Crippen molar-refractivity contribution in [3.8, 4) is 0 Å². The number of carbonyl (C=O) groups is 1. The van der Waals surface area contributed by atoms with Crippen LogP contribution in [0.5, 0.6) is 0 Å². The van der Waals surface area contributed by atoms with Crippen LogP contribution in [-0.4, -0.2) is 37.0 Å². The van der Waals surface area contributed by atoms with E-state index in [1.807, 2.05) is 20.9 Å². The molecule has 0 aromatic heterocycles. The highest BCUT2D eigenvalue weighted by Gasteiger charge is 2.25. The zero-order valence-electron chi connectivity index (χ0n) is 9.26. The quantitative estimate of drug-likeness (QED) is 0.719. The van der Waals surface area contributed by atoms with E-state index >= 15 is 0 Å². The average molecular weight is 186 g/mol. The number of rotatable bonds is 3. The Hall–Kier alpha value is -0.570. The lowest BCUT2D eigenvalue weighted by Gasteiger charge is -2.10. The van der Waals surface area contributed by atoms with Gasteiger partial charge in [-0.05, 0) is 13.0 Å². The highest BCUT2D eigenvalue weighted by Crippen LogP contribution is 2.07. The Morgan fingerprint density at radius 2 is 2.15 bits per heavy atom. The van der Waals surface area contributed by atoms with E-state index in [2.05, 4.69) is 12.2 Å². The molecule has 1 N–H and O–H groups in total. The summed E-state index contributed by atoms with van der Waals surface area (Å²) in [5.41, 5.74) is 0. The van der Waals surface area contributed by atoms with Crippen molar-refractivity contribution >= 4 is 5.91 Å². The molecule has 3 heteroatoms. The molecular formula is C10H22N2O. The summed E-state index contributed by atoms with van der Waals surface area (Å²) in [5.74, 6) is 0.263. The number of hydrogen-bond donors (Lipinski definition) is 1. The molecule has 0 radical (unpaired) electrons. The van der Waals surface area contributed by atoms with Crippen molar-refractivity contribution in [1.82, 2.24) is 10.2 Å². The Balaban J connectivity index is 0.000000671. The van der Waals surface area contributed by atoms with Crippen molar-refractivity contribution in [2.75, 3.05) is 20.1 Å². The lowest BCUT2D eigenvalue weighted by Crippen LogP contribution is -2.31. The molecule has 1 rings (SSSR count). The van der Waals surface area contributed by atoms with E-state index in [0.717, 1.165) is 19.5 Å². The van der Waals surface area contributed by atoms with Crippen molar-refractivity contribution in [3.05, 3.63) is 0 Å². The first-order valence-corrected chi connectivity index (χ1v) is 5.21. The van der Waals surface area contributed by atoms with Crippen LogP contribution in [-0.2, 0) is 4.79 Å². The second kappa shape index (κ2) is 6.89. The van der Waals surface area contributed by atoms with Gasteiger partial charge in [0, 0.05) is 26.1 Å². The topological polar surface area (TPSA) is 32.3 Å². The smallest absolute Gasteiger partial charge is 0.224 e. The molecule has 1 aliphatic rings. The number of likely N-dealkylation sites (tertiary alicyclic amines) is 1. The molecule has 13 heavy (non-hydrogen) atoms. The second-order valence-corrected chi connectivity index (χ2v) is 3.13. The highest BCUT2D eigenvalue weighted by molar-refractivity contribution is 5.78. The standard InChI is InChI=1S/C8H16N2O.C2H6/c1-3-4-9-7-5-8(11)10(2)6-7;1-2/h7,9H,3-6H2,1-2H3;1-2H3. The SMILES string of the molecule is CC.CCCNC1CC(=O)N(C)C1. The van der Waals surface area contributed by atoms with E-state index in [4.69, 9.17) is 0 Å². The van der Waals surface area contributed by atoms with Gasteiger partial charge >= 0.3 is 0 Å². The molecule has 3 nitrogen and oxygen atoms in total. The van der Waals surface area contributed by atoms with Gasteiger partial charge in [0.15, 0.2) is 0 Å². The summed E-state index contributed by atoms with van der Waals surface area (Å²) in [5, 5.41) is 3.33. The third-order valence-corrected chi connectivity index (χ3v) is 2.02. The third-order valence-electron chi connectivity index (χ3n) is 2.02. The normalized spacial score (nSPS) is 21.4. The van der Waals surface area contributed by atoms with Crippen LogP contribution in [0.25, 0.3) is 0 Å². The molecule has 78 valence electrons. The molecule has 1 amide bonds. The number of nitrogens with one attached hydrogen (secondary N) is 1. The zero-order valence-corrected chi connectivity index (χ0v) is 9.26. The summed E-state index contributed by atoms with van der Waals surface area (Å²) < 4.78 is 0. The highest BCUT2D eigenvalue weighted by atomic mass is 16.2. The summed E-state index contributed by atoms with van der Waals surface area (Å²) in [6, 6.07) is 0.396. The molecule has 0 aromatic carbocycles. The van der Waals surface area contributed by atoms with Crippen LogP contribution >= 0.6 is 0 Å². The third kappa shape index (κ3) is 4.27. The van der Waals surface area contributed by atoms with Gasteiger partial charge in [-0.25, -0.2) is 0 Å². The van der Waals surface area contributed by atoms with Crippen LogP contribution < -0.4 is 5.32 Å². The van der Waals surface area contributed by atoms with Gasteiger partial charge < -0.3 is 10.2 Å². The van der Waals surface area contributed by atoms with Gasteiger partial charge in [0.05, 0.1) is 0 Å². The largest absolute Gasteiger partial charge is 0.344 e. The van der Waals surface area contributed by atoms with Crippen LogP contribution in [0, 0.1) is 0 Å². The molecule has 1 unspecified atom stereocenters. The van der Waals surface area contributed by atoms with E-state index in [1.165, 1.54) is 0 Å². The van der Waals surface area contributed by atoms with E-state index in [1.54, 1.807) is 4.90 Å². The van der Waals surface area contributed by atoms with Crippen LogP contribution in [0.2, 0.25) is 0 Å². The zero-order chi connectivity index (χ0) is 10.3. The summed E-state index contributed by atoms with van der Waals surface area (Å²) in [6.45, 7) is 8.03. The number of carbonyl (C=O) groups excluding carboxylic acids is 1. The molecule has 1 aliphatic heterocycles. The second-order valence-electron chi connectivity index (χ2n) is 3.13. The minimum Gasteiger partial charge on any atom is -0.344 e. The fourth-order valence-corrected chi connectivity index (χ4v) is 1.35. The summed E-state index contributed by atoms with van der Waals surface area (Å²) >= 11 is 0. The van der Waals surface area contributed by atoms with E-state index in [9.17, 15) is 4.79 Å². The van der Waals surface area contributed by atoms with Crippen molar-refractivity contribution in [2.45, 2.75) is 39.7 Å². The van der Waals surface area contributed by atoms with Crippen LogP contribution in [0.1, 0.15) is 33.6 Å². The number of amides is 1. The van der Waals surface area contributed by atoms with Crippen molar-refractivity contribution in [3.63, 3.8) is 0 Å². The summed E-state index contributed by atoms with van der Waals surface area (Å²) in [6.07, 6.45) is 1.81. The van der Waals surface area contributed by atoms with Gasteiger partial charge in [-0.3, -0.25) is 4.79 Å². The Labute approximate surface area is 81.5 Å². The molecule has 0 aromatic rings. The molecule has 0 saturated carbocycles. The maximum atomic E-state index is 11.0. The Kier molecular flexibility index (Phi) is 6.59. The van der Waals surface area contributed by atoms with Crippen LogP contribution in [0.15, 0.2) is 0 Å². The predicted octanol–water partition coefficient (Wildman–Crippen LogP) is 1.24. The van der Waals surface area contributed by atoms with Crippen molar-refractivity contribution in [2.24, 2.45) is 0 Å². The van der Waals surface area contributed by atoms with Crippen molar-refractivity contribution in [1.29, 1.82) is 0 Å². The molecule has 0 spiro atoms. The monoisotopic (exact) mass is 186 g/mol. The van der Waals surface area contributed by atoms with Gasteiger partial charge in [0.25, 0.3) is 0 Å². The van der Waals surface area contributed by atoms with Crippen LogP contribution in [0.4, 0.5) is 0 Å². The summed E-state index contributed by atoms with van der Waals surface area (Å²) in [7, 11) is 1.86. The maximum Gasteiger partial charge on any atom is 0.224 e. The first-order chi connectivity index (χ1) is 6.24. The average Bonchev–Trinajstić information content (AvgIpc) is 2.46. The molecule has 0 aliphatic carbocycles. The lowest BCUT2D eigenvalue weighted by molar-refractivity contribution is -0.126. The molecule has 0 bridgehead atoms. The number of hydrogen-bond acceptors (Lipinski definition) is 2. The number of nitrogens with zero attached hydrogens (tertiary/aromatic N) is 1. The predicted molar refractivity (Wildman–Crippen MR) is 55.7 cm³/mol. The van der Waals surface area contributed by atoms with Gasteiger partial charge in [-0.15, -0.1) is 0 Å². The van der Waals surface area contributed by atoms with E-state index in [0.29, 0.717) is 12.5 Å². The molecule has 1 heterocycles. The Bertz CT molecular complexity index is 148. The van der Waals surface area contributed by atoms with Crippen molar-refractivity contribution < 1.29 is 4.79 Å². The Morgan fingerprint density at radius 1 is 1.54 bits per heavy atom. The molecule has 1 saturated heterocycles. The van der Waals surface area contributed by atoms with Crippen LogP contribution in [0.3, 0.4) is 0 Å². The first-order valence-electron chi connectivity index (χ1n) is 5.21. The minimum atomic E-state index is 0.263. The lowest BCUT2D eigenvalue weighted by atomic mass is 10.2. The minimum absolute atomic E-state index is 0.263.